The van der Waals surface area contributed by atoms with E-state index in [1.54, 1.807) is 10.7 Å². The van der Waals surface area contributed by atoms with Crippen molar-refractivity contribution in [2.45, 2.75) is 46.8 Å². The van der Waals surface area contributed by atoms with Crippen LogP contribution in [0.4, 0.5) is 10.3 Å². The molecule has 0 spiro atoms. The van der Waals surface area contributed by atoms with Crippen molar-refractivity contribution >= 4 is 22.5 Å². The van der Waals surface area contributed by atoms with Crippen LogP contribution in [0.1, 0.15) is 39.6 Å². The molecule has 0 aliphatic heterocycles. The molecule has 0 aliphatic carbocycles. The van der Waals surface area contributed by atoms with Crippen molar-refractivity contribution in [2.24, 2.45) is 0 Å². The zero-order valence-electron chi connectivity index (χ0n) is 18.0. The third kappa shape index (κ3) is 3.75. The van der Waals surface area contributed by atoms with Crippen LogP contribution in [-0.4, -0.2) is 43.4 Å². The highest BCUT2D eigenvalue weighted by Crippen LogP contribution is 2.31. The highest BCUT2D eigenvalue weighted by atomic mass is 19.1. The number of hydrogen-bond acceptors (Lipinski definition) is 5. The van der Waals surface area contributed by atoms with Crippen molar-refractivity contribution in [3.05, 3.63) is 42.2 Å². The van der Waals surface area contributed by atoms with E-state index in [2.05, 4.69) is 38.8 Å². The second-order valence-electron chi connectivity index (χ2n) is 7.94. The van der Waals surface area contributed by atoms with Crippen LogP contribution in [0.25, 0.3) is 27.7 Å². The van der Waals surface area contributed by atoms with Gasteiger partial charge in [-0.2, -0.15) is 0 Å². The van der Waals surface area contributed by atoms with Gasteiger partial charge in [-0.15, -0.1) is 5.10 Å². The summed E-state index contributed by atoms with van der Waals surface area (Å²) in [4.78, 5) is 8.82. The third-order valence-electron chi connectivity index (χ3n) is 5.01. The SMILES string of the molecule is Cc1nc2c(F)cc(-c3ccn4nc(NCCOC(C)C)ncc34)cc2n1C(C)C. The molecule has 0 radical (unpaired) electrons. The summed E-state index contributed by atoms with van der Waals surface area (Å²) in [5.41, 5.74) is 3.66. The van der Waals surface area contributed by atoms with E-state index in [0.717, 1.165) is 28.0 Å². The Labute approximate surface area is 174 Å². The number of aryl methyl sites for hydroxylation is 1. The molecule has 0 unspecified atom stereocenters. The quantitative estimate of drug-likeness (QED) is 0.451. The summed E-state index contributed by atoms with van der Waals surface area (Å²) in [6.07, 6.45) is 3.80. The Morgan fingerprint density at radius 3 is 2.70 bits per heavy atom. The van der Waals surface area contributed by atoms with Gasteiger partial charge in [0.15, 0.2) is 5.82 Å². The molecular formula is C22H27FN6O. The van der Waals surface area contributed by atoms with Crippen LogP contribution in [0.3, 0.4) is 0 Å². The van der Waals surface area contributed by atoms with E-state index in [4.69, 9.17) is 4.74 Å². The fourth-order valence-electron chi connectivity index (χ4n) is 3.76. The lowest BCUT2D eigenvalue weighted by atomic mass is 10.1. The third-order valence-corrected chi connectivity index (χ3v) is 5.01. The van der Waals surface area contributed by atoms with E-state index in [1.165, 1.54) is 6.07 Å². The first-order chi connectivity index (χ1) is 14.3. The fraction of sp³-hybridized carbons (Fsp3) is 0.409. The van der Waals surface area contributed by atoms with Crippen molar-refractivity contribution in [1.82, 2.24) is 24.1 Å². The van der Waals surface area contributed by atoms with Gasteiger partial charge in [-0.05, 0) is 58.4 Å². The maximum absolute atomic E-state index is 14.9. The van der Waals surface area contributed by atoms with Crippen LogP contribution in [0, 0.1) is 12.7 Å². The fourth-order valence-corrected chi connectivity index (χ4v) is 3.76. The topological polar surface area (TPSA) is 69.3 Å². The van der Waals surface area contributed by atoms with E-state index < -0.39 is 0 Å². The molecule has 0 saturated heterocycles. The molecule has 7 nitrogen and oxygen atoms in total. The van der Waals surface area contributed by atoms with Crippen molar-refractivity contribution in [3.8, 4) is 11.1 Å². The number of rotatable bonds is 7. The standard InChI is InChI=1S/C22H27FN6O/c1-13(2)29-15(5)26-21-18(23)10-16(11-19(21)29)17-6-8-28-20(17)12-25-22(27-28)24-7-9-30-14(3)4/h6,8,10-14H,7,9H2,1-5H3,(H,24,27). The Morgan fingerprint density at radius 1 is 1.17 bits per heavy atom. The van der Waals surface area contributed by atoms with Gasteiger partial charge in [-0.3, -0.25) is 0 Å². The molecule has 0 fully saturated rings. The largest absolute Gasteiger partial charge is 0.377 e. The minimum absolute atomic E-state index is 0.187. The van der Waals surface area contributed by atoms with Gasteiger partial charge in [0.25, 0.3) is 0 Å². The number of imidazole rings is 1. The minimum Gasteiger partial charge on any atom is -0.377 e. The van der Waals surface area contributed by atoms with Gasteiger partial charge in [0.1, 0.15) is 11.3 Å². The number of aromatic nitrogens is 5. The van der Waals surface area contributed by atoms with Crippen molar-refractivity contribution in [2.75, 3.05) is 18.5 Å². The zero-order valence-corrected chi connectivity index (χ0v) is 18.0. The molecule has 0 bridgehead atoms. The number of nitrogens with one attached hydrogen (secondary N) is 1. The molecule has 8 heteroatoms. The van der Waals surface area contributed by atoms with Gasteiger partial charge in [0.2, 0.25) is 5.95 Å². The monoisotopic (exact) mass is 410 g/mol. The molecule has 3 heterocycles. The molecule has 0 amide bonds. The summed E-state index contributed by atoms with van der Waals surface area (Å²) in [6, 6.07) is 5.64. The van der Waals surface area contributed by atoms with E-state index in [1.807, 2.05) is 39.1 Å². The van der Waals surface area contributed by atoms with Crippen LogP contribution < -0.4 is 5.32 Å². The lowest BCUT2D eigenvalue weighted by Gasteiger charge is -2.11. The average Bonchev–Trinajstić information content (AvgIpc) is 3.25. The molecule has 1 N–H and O–H groups in total. The highest BCUT2D eigenvalue weighted by Gasteiger charge is 2.17. The van der Waals surface area contributed by atoms with E-state index in [9.17, 15) is 4.39 Å². The van der Waals surface area contributed by atoms with Crippen LogP contribution >= 0.6 is 0 Å². The Kier molecular flexibility index (Phi) is 5.42. The molecule has 3 aromatic heterocycles. The lowest BCUT2D eigenvalue weighted by molar-refractivity contribution is 0.0869. The van der Waals surface area contributed by atoms with Crippen LogP contribution in [0.2, 0.25) is 0 Å². The first-order valence-corrected chi connectivity index (χ1v) is 10.2. The van der Waals surface area contributed by atoms with Gasteiger partial charge < -0.3 is 14.6 Å². The molecule has 0 saturated carbocycles. The average molecular weight is 410 g/mol. The summed E-state index contributed by atoms with van der Waals surface area (Å²) in [5, 5.41) is 7.66. The second kappa shape index (κ2) is 8.02. The summed E-state index contributed by atoms with van der Waals surface area (Å²) in [7, 11) is 0. The smallest absolute Gasteiger partial charge is 0.241 e. The van der Waals surface area contributed by atoms with Gasteiger partial charge in [-0.25, -0.2) is 18.9 Å². The maximum Gasteiger partial charge on any atom is 0.241 e. The maximum atomic E-state index is 14.9. The van der Waals surface area contributed by atoms with E-state index in [-0.39, 0.29) is 18.0 Å². The minimum atomic E-state index is -0.325. The van der Waals surface area contributed by atoms with Gasteiger partial charge in [0.05, 0.1) is 29.9 Å². The van der Waals surface area contributed by atoms with E-state index >= 15 is 0 Å². The number of nitrogens with zero attached hydrogens (tertiary/aromatic N) is 5. The van der Waals surface area contributed by atoms with Gasteiger partial charge in [-0.1, -0.05) is 0 Å². The Bertz CT molecular complexity index is 1190. The summed E-state index contributed by atoms with van der Waals surface area (Å²) in [6.45, 7) is 11.2. The van der Waals surface area contributed by atoms with Crippen LogP contribution in [0.5, 0.6) is 0 Å². The molecular weight excluding hydrogens is 383 g/mol. The van der Waals surface area contributed by atoms with Gasteiger partial charge in [0, 0.05) is 24.3 Å². The second-order valence-corrected chi connectivity index (χ2v) is 7.94. The van der Waals surface area contributed by atoms with Crippen molar-refractivity contribution in [1.29, 1.82) is 0 Å². The van der Waals surface area contributed by atoms with Crippen LogP contribution in [0.15, 0.2) is 30.6 Å². The molecule has 158 valence electrons. The summed E-state index contributed by atoms with van der Waals surface area (Å²) < 4.78 is 24.2. The molecule has 0 aliphatic rings. The van der Waals surface area contributed by atoms with Crippen molar-refractivity contribution in [3.63, 3.8) is 0 Å². The predicted octanol–water partition coefficient (Wildman–Crippen LogP) is 4.61. The number of ether oxygens (including phenoxy) is 1. The Balaban J connectivity index is 1.68. The van der Waals surface area contributed by atoms with E-state index in [0.29, 0.717) is 24.6 Å². The molecule has 4 aromatic rings. The summed E-state index contributed by atoms with van der Waals surface area (Å²) >= 11 is 0. The zero-order chi connectivity index (χ0) is 21.4. The highest BCUT2D eigenvalue weighted by molar-refractivity contribution is 5.88. The van der Waals surface area contributed by atoms with Crippen LogP contribution in [-0.2, 0) is 4.74 Å². The number of hydrogen-bond donors (Lipinski definition) is 1. The number of benzene rings is 1. The van der Waals surface area contributed by atoms with Crippen molar-refractivity contribution < 1.29 is 9.13 Å². The summed E-state index contributed by atoms with van der Waals surface area (Å²) in [5.74, 6) is 0.999. The number of halogens is 1. The number of fused-ring (bicyclic) bond motifs is 2. The lowest BCUT2D eigenvalue weighted by Crippen LogP contribution is -2.15. The Morgan fingerprint density at radius 2 is 1.97 bits per heavy atom. The predicted molar refractivity (Wildman–Crippen MR) is 116 cm³/mol. The molecule has 1 aromatic carbocycles. The Hall–Kier alpha value is -3.00. The first-order valence-electron chi connectivity index (χ1n) is 10.2. The number of anilines is 1. The normalized spacial score (nSPS) is 12.0. The molecule has 0 atom stereocenters. The molecule has 4 rings (SSSR count). The molecule has 30 heavy (non-hydrogen) atoms. The first kappa shape index (κ1) is 20.3. The van der Waals surface area contributed by atoms with Gasteiger partial charge >= 0.3 is 0 Å².